The van der Waals surface area contributed by atoms with Crippen molar-refractivity contribution in [2.45, 2.75) is 13.3 Å². The molecule has 1 aromatic carbocycles. The lowest BCUT2D eigenvalue weighted by Crippen LogP contribution is -1.94. The number of rotatable bonds is 3. The first kappa shape index (κ1) is 16.9. The van der Waals surface area contributed by atoms with E-state index in [1.165, 1.54) is 23.4 Å². The van der Waals surface area contributed by atoms with Crippen molar-refractivity contribution in [3.63, 3.8) is 0 Å². The van der Waals surface area contributed by atoms with Gasteiger partial charge in [0.25, 0.3) is 0 Å². The number of nitrogens with zero attached hydrogens (tertiary/aromatic N) is 2. The Labute approximate surface area is 136 Å². The monoisotopic (exact) mass is 312 g/mol. The molecule has 0 amide bonds. The van der Waals surface area contributed by atoms with Crippen LogP contribution in [0, 0.1) is 5.82 Å². The van der Waals surface area contributed by atoms with E-state index < -0.39 is 0 Å². The Kier molecular flexibility index (Phi) is 5.66. The third-order valence-corrected chi connectivity index (χ3v) is 3.77. The summed E-state index contributed by atoms with van der Waals surface area (Å²) in [6, 6.07) is 10.7. The van der Waals surface area contributed by atoms with E-state index >= 15 is 0 Å². The van der Waals surface area contributed by atoms with Crippen LogP contribution in [0.25, 0.3) is 22.3 Å². The predicted octanol–water partition coefficient (Wildman–Crippen LogP) is 4.06. The van der Waals surface area contributed by atoms with Crippen molar-refractivity contribution in [2.75, 3.05) is 7.11 Å². The van der Waals surface area contributed by atoms with E-state index in [0.29, 0.717) is 0 Å². The lowest BCUT2D eigenvalue weighted by atomic mass is 9.96. The Morgan fingerprint density at radius 3 is 2.17 bits per heavy atom. The van der Waals surface area contributed by atoms with Crippen LogP contribution in [-0.2, 0) is 13.5 Å². The molecule has 0 saturated heterocycles. The van der Waals surface area contributed by atoms with E-state index in [-0.39, 0.29) is 5.82 Å². The van der Waals surface area contributed by atoms with Gasteiger partial charge in [-0.05, 0) is 41.8 Å². The third-order valence-electron chi connectivity index (χ3n) is 3.77. The average Bonchev–Trinajstić information content (AvgIpc) is 2.94. The van der Waals surface area contributed by atoms with Gasteiger partial charge in [-0.1, -0.05) is 19.1 Å². The standard InChI is InChI=1S/C18H17FN2.CH4O/c1-3-17-18(14-4-6-15(19)7-5-14)16(12-21(17)2)13-8-10-20-11-9-13;1-2/h4-12H,3H2,1-2H3;2H,1H3. The van der Waals surface area contributed by atoms with Crippen LogP contribution in [0.5, 0.6) is 0 Å². The Morgan fingerprint density at radius 2 is 1.61 bits per heavy atom. The summed E-state index contributed by atoms with van der Waals surface area (Å²) in [5.41, 5.74) is 5.74. The van der Waals surface area contributed by atoms with Crippen LogP contribution in [0.3, 0.4) is 0 Å². The van der Waals surface area contributed by atoms with E-state index in [0.717, 1.165) is 30.2 Å². The molecule has 23 heavy (non-hydrogen) atoms. The largest absolute Gasteiger partial charge is 0.400 e. The summed E-state index contributed by atoms with van der Waals surface area (Å²) in [6.45, 7) is 2.14. The molecule has 0 aliphatic heterocycles. The van der Waals surface area contributed by atoms with Crippen LogP contribution < -0.4 is 0 Å². The topological polar surface area (TPSA) is 38.0 Å². The fourth-order valence-corrected chi connectivity index (χ4v) is 2.78. The number of pyridine rings is 1. The number of hydrogen-bond donors (Lipinski definition) is 1. The van der Waals surface area contributed by atoms with Gasteiger partial charge in [0.1, 0.15) is 5.82 Å². The van der Waals surface area contributed by atoms with Gasteiger partial charge in [0, 0.05) is 49.6 Å². The fourth-order valence-electron chi connectivity index (χ4n) is 2.78. The minimum atomic E-state index is -0.210. The molecule has 0 radical (unpaired) electrons. The fraction of sp³-hybridized carbons (Fsp3) is 0.211. The van der Waals surface area contributed by atoms with Gasteiger partial charge in [-0.25, -0.2) is 4.39 Å². The molecule has 4 heteroatoms. The van der Waals surface area contributed by atoms with Gasteiger partial charge in [-0.3, -0.25) is 4.98 Å². The predicted molar refractivity (Wildman–Crippen MR) is 91.6 cm³/mol. The summed E-state index contributed by atoms with van der Waals surface area (Å²) in [5, 5.41) is 7.00. The van der Waals surface area contributed by atoms with Crippen molar-refractivity contribution in [3.05, 3.63) is 66.5 Å². The van der Waals surface area contributed by atoms with Crippen molar-refractivity contribution < 1.29 is 9.50 Å². The number of aromatic nitrogens is 2. The highest BCUT2D eigenvalue weighted by atomic mass is 19.1. The molecular weight excluding hydrogens is 291 g/mol. The van der Waals surface area contributed by atoms with Gasteiger partial charge >= 0.3 is 0 Å². The molecule has 0 fully saturated rings. The van der Waals surface area contributed by atoms with Gasteiger partial charge in [-0.2, -0.15) is 0 Å². The molecule has 3 nitrogen and oxygen atoms in total. The summed E-state index contributed by atoms with van der Waals surface area (Å²) in [4.78, 5) is 4.08. The number of aliphatic hydroxyl groups excluding tert-OH is 1. The molecule has 0 atom stereocenters. The molecule has 0 aliphatic carbocycles. The number of hydrogen-bond acceptors (Lipinski definition) is 2. The highest BCUT2D eigenvalue weighted by Gasteiger charge is 2.16. The average molecular weight is 312 g/mol. The van der Waals surface area contributed by atoms with Crippen LogP contribution >= 0.6 is 0 Å². The number of aryl methyl sites for hydroxylation is 1. The van der Waals surface area contributed by atoms with E-state index in [1.807, 2.05) is 24.3 Å². The zero-order valence-electron chi connectivity index (χ0n) is 13.6. The van der Waals surface area contributed by atoms with E-state index in [1.54, 1.807) is 12.4 Å². The summed E-state index contributed by atoms with van der Waals surface area (Å²) in [6.07, 6.45) is 6.64. The van der Waals surface area contributed by atoms with Gasteiger partial charge in [0.05, 0.1) is 0 Å². The Hall–Kier alpha value is -2.46. The van der Waals surface area contributed by atoms with E-state index in [4.69, 9.17) is 5.11 Å². The van der Waals surface area contributed by atoms with Gasteiger partial charge in [-0.15, -0.1) is 0 Å². The van der Waals surface area contributed by atoms with Crippen LogP contribution in [0.15, 0.2) is 55.0 Å². The van der Waals surface area contributed by atoms with Crippen LogP contribution in [-0.4, -0.2) is 21.8 Å². The number of benzene rings is 1. The Morgan fingerprint density at radius 1 is 1.00 bits per heavy atom. The first-order valence-corrected chi connectivity index (χ1v) is 7.50. The minimum Gasteiger partial charge on any atom is -0.400 e. The van der Waals surface area contributed by atoms with Gasteiger partial charge in [0.2, 0.25) is 0 Å². The summed E-state index contributed by atoms with van der Waals surface area (Å²) >= 11 is 0. The maximum Gasteiger partial charge on any atom is 0.123 e. The molecule has 0 saturated carbocycles. The van der Waals surface area contributed by atoms with Crippen molar-refractivity contribution in [1.29, 1.82) is 0 Å². The van der Waals surface area contributed by atoms with Gasteiger partial charge in [0.15, 0.2) is 0 Å². The second-order valence-corrected chi connectivity index (χ2v) is 5.07. The molecule has 2 aromatic heterocycles. The van der Waals surface area contributed by atoms with Crippen molar-refractivity contribution in [3.8, 4) is 22.3 Å². The zero-order chi connectivity index (χ0) is 16.8. The molecular formula is C19H21FN2O. The second-order valence-electron chi connectivity index (χ2n) is 5.07. The minimum absolute atomic E-state index is 0.210. The highest BCUT2D eigenvalue weighted by molar-refractivity contribution is 5.85. The molecule has 3 rings (SSSR count). The Balaban J connectivity index is 0.000000924. The van der Waals surface area contributed by atoms with Gasteiger partial charge < -0.3 is 9.67 Å². The lowest BCUT2D eigenvalue weighted by Gasteiger charge is -2.08. The summed E-state index contributed by atoms with van der Waals surface area (Å²) in [7, 11) is 3.05. The van der Waals surface area contributed by atoms with E-state index in [9.17, 15) is 4.39 Å². The normalized spacial score (nSPS) is 10.1. The first-order valence-electron chi connectivity index (χ1n) is 7.50. The number of halogens is 1. The quantitative estimate of drug-likeness (QED) is 0.792. The molecule has 0 unspecified atom stereocenters. The van der Waals surface area contributed by atoms with Crippen molar-refractivity contribution in [2.24, 2.45) is 7.05 Å². The van der Waals surface area contributed by atoms with Crippen molar-refractivity contribution >= 4 is 0 Å². The second kappa shape index (κ2) is 7.70. The highest BCUT2D eigenvalue weighted by Crippen LogP contribution is 2.36. The molecule has 120 valence electrons. The van der Waals surface area contributed by atoms with Crippen LogP contribution in [0.1, 0.15) is 12.6 Å². The number of aliphatic hydroxyl groups is 1. The molecule has 0 aliphatic rings. The SMILES string of the molecule is CCc1c(-c2ccc(F)cc2)c(-c2ccncc2)cn1C.CO. The van der Waals surface area contributed by atoms with Crippen LogP contribution in [0.4, 0.5) is 4.39 Å². The van der Waals surface area contributed by atoms with Crippen LogP contribution in [0.2, 0.25) is 0 Å². The molecule has 1 N–H and O–H groups in total. The Bertz CT molecular complexity index is 749. The van der Waals surface area contributed by atoms with E-state index in [2.05, 4.69) is 29.7 Å². The molecule has 0 spiro atoms. The molecule has 0 bridgehead atoms. The smallest absolute Gasteiger partial charge is 0.123 e. The maximum absolute atomic E-state index is 13.2. The summed E-state index contributed by atoms with van der Waals surface area (Å²) < 4.78 is 15.3. The lowest BCUT2D eigenvalue weighted by molar-refractivity contribution is 0.399. The zero-order valence-corrected chi connectivity index (χ0v) is 13.6. The maximum atomic E-state index is 13.2. The molecule has 3 aromatic rings. The molecule has 2 heterocycles. The van der Waals surface area contributed by atoms with Crippen molar-refractivity contribution in [1.82, 2.24) is 9.55 Å². The summed E-state index contributed by atoms with van der Waals surface area (Å²) in [5.74, 6) is -0.210. The first-order chi connectivity index (χ1) is 11.2. The third kappa shape index (κ3) is 3.48.